The van der Waals surface area contributed by atoms with Gasteiger partial charge in [0.25, 0.3) is 5.91 Å². The Morgan fingerprint density at radius 2 is 1.75 bits per heavy atom. The van der Waals surface area contributed by atoms with Crippen LogP contribution >= 0.6 is 11.3 Å². The van der Waals surface area contributed by atoms with Crippen molar-refractivity contribution in [1.82, 2.24) is 40.6 Å². The number of methoxy groups -OCH3 is 1. The molecule has 7 rings (SSSR count). The van der Waals surface area contributed by atoms with Gasteiger partial charge < -0.3 is 40.5 Å². The summed E-state index contributed by atoms with van der Waals surface area (Å²) in [5.74, 6) is -1.17. The maximum atomic E-state index is 14.1. The maximum Gasteiger partial charge on any atom is 0.274 e. The first-order valence-electron chi connectivity index (χ1n) is 21.7. The van der Waals surface area contributed by atoms with Gasteiger partial charge in [0.1, 0.15) is 23.5 Å². The number of nitrogens with one attached hydrogen (secondary N) is 4. The summed E-state index contributed by atoms with van der Waals surface area (Å²) in [4.78, 5) is 82.4. The van der Waals surface area contributed by atoms with Crippen LogP contribution in [0.5, 0.6) is 5.75 Å². The number of aryl methyl sites for hydroxylation is 1. The third-order valence-electron chi connectivity index (χ3n) is 11.7. The molecule has 342 valence electrons. The van der Waals surface area contributed by atoms with Gasteiger partial charge in [0.05, 0.1) is 46.4 Å². The molecule has 2 aromatic carbocycles. The van der Waals surface area contributed by atoms with Crippen LogP contribution in [0.2, 0.25) is 0 Å². The lowest BCUT2D eigenvalue weighted by Gasteiger charge is -2.36. The summed E-state index contributed by atoms with van der Waals surface area (Å²) < 4.78 is 5.63. The standard InChI is InChI=1S/C47H56N10O7S/c1-29-42(65-28-49-29)31-14-12-30(13-15-31)26-48-45(62)38-25-33(58)27-57(38)46(63)43(47(2,3)4)53-40(59)10-7-11-41(60)56-22-20-55(21-23-56)32-16-17-36(39(24-32)64-5)52-44(61)37-9-6-8-34(51-37)35-18-19-50-54-35/h6,8-9,12-19,24,28,33,38,43,58H,7,10-11,20-23,25-27H2,1-5H3,(H,48,62)(H,50,54)(H,52,61)(H,53,59)/t33-,38+,43-/m1/s1. The van der Waals surface area contributed by atoms with Crippen LogP contribution in [0.1, 0.15) is 68.2 Å². The van der Waals surface area contributed by atoms with Gasteiger partial charge >= 0.3 is 0 Å². The van der Waals surface area contributed by atoms with Gasteiger partial charge in [-0.2, -0.15) is 5.10 Å². The molecule has 5 heterocycles. The largest absolute Gasteiger partial charge is 0.494 e. The molecule has 3 aromatic heterocycles. The number of benzene rings is 2. The number of aliphatic hydroxyl groups is 1. The molecule has 0 radical (unpaired) electrons. The van der Waals surface area contributed by atoms with Gasteiger partial charge in [-0.25, -0.2) is 9.97 Å². The zero-order valence-corrected chi connectivity index (χ0v) is 38.1. The first-order valence-corrected chi connectivity index (χ1v) is 22.6. The summed E-state index contributed by atoms with van der Waals surface area (Å²) in [5, 5.41) is 26.1. The highest BCUT2D eigenvalue weighted by Crippen LogP contribution is 2.32. The van der Waals surface area contributed by atoms with Gasteiger partial charge in [0.15, 0.2) is 0 Å². The van der Waals surface area contributed by atoms with E-state index in [4.69, 9.17) is 4.74 Å². The first-order chi connectivity index (χ1) is 31.2. The lowest BCUT2D eigenvalue weighted by Crippen LogP contribution is -2.57. The van der Waals surface area contributed by atoms with Gasteiger partial charge in [0, 0.05) is 76.5 Å². The zero-order chi connectivity index (χ0) is 46.3. The molecule has 3 atom stereocenters. The minimum Gasteiger partial charge on any atom is -0.494 e. The average molecular weight is 905 g/mol. The van der Waals surface area contributed by atoms with Gasteiger partial charge in [-0.1, -0.05) is 51.1 Å². The van der Waals surface area contributed by atoms with E-state index < -0.39 is 29.5 Å². The topological polar surface area (TPSA) is 215 Å². The number of H-pyrrole nitrogens is 1. The number of ether oxygens (including phenoxy) is 1. The number of aromatic amines is 1. The van der Waals surface area contributed by atoms with E-state index in [0.29, 0.717) is 55.4 Å². The van der Waals surface area contributed by atoms with E-state index in [-0.39, 0.29) is 61.7 Å². The number of aliphatic hydroxyl groups excluding tert-OH is 1. The molecule has 0 saturated carbocycles. The highest BCUT2D eigenvalue weighted by molar-refractivity contribution is 7.13. The number of rotatable bonds is 15. The highest BCUT2D eigenvalue weighted by atomic mass is 32.1. The smallest absolute Gasteiger partial charge is 0.274 e. The van der Waals surface area contributed by atoms with Crippen molar-refractivity contribution in [3.63, 3.8) is 0 Å². The summed E-state index contributed by atoms with van der Waals surface area (Å²) in [6.07, 6.45) is 1.31. The Labute approximate surface area is 382 Å². The van der Waals surface area contributed by atoms with Crippen LogP contribution < -0.4 is 25.6 Å². The average Bonchev–Trinajstić information content (AvgIpc) is 4.09. The summed E-state index contributed by atoms with van der Waals surface area (Å²) >= 11 is 1.57. The molecule has 2 saturated heterocycles. The summed E-state index contributed by atoms with van der Waals surface area (Å²) in [6, 6.07) is 18.5. The molecule has 0 spiro atoms. The predicted molar refractivity (Wildman–Crippen MR) is 247 cm³/mol. The molecular formula is C47H56N10O7S. The number of hydrogen-bond donors (Lipinski definition) is 5. The Bertz CT molecular complexity index is 2480. The third-order valence-corrected chi connectivity index (χ3v) is 12.7. The van der Waals surface area contributed by atoms with Crippen molar-refractivity contribution in [3.8, 4) is 27.6 Å². The lowest BCUT2D eigenvalue weighted by molar-refractivity contribution is -0.144. The number of amides is 5. The van der Waals surface area contributed by atoms with Crippen molar-refractivity contribution in [1.29, 1.82) is 0 Å². The van der Waals surface area contributed by atoms with Crippen LogP contribution in [0.3, 0.4) is 0 Å². The minimum atomic E-state index is -0.965. The fourth-order valence-electron chi connectivity index (χ4n) is 8.06. The zero-order valence-electron chi connectivity index (χ0n) is 37.3. The molecule has 5 aromatic rings. The normalized spacial score (nSPS) is 16.8. The molecule has 18 heteroatoms. The van der Waals surface area contributed by atoms with Gasteiger partial charge in [0.2, 0.25) is 23.6 Å². The fourth-order valence-corrected chi connectivity index (χ4v) is 8.87. The van der Waals surface area contributed by atoms with Crippen molar-refractivity contribution >= 4 is 52.2 Å². The Morgan fingerprint density at radius 3 is 2.43 bits per heavy atom. The number of piperazine rings is 1. The number of aromatic nitrogens is 4. The minimum absolute atomic E-state index is 0.0251. The van der Waals surface area contributed by atoms with Crippen LogP contribution in [-0.2, 0) is 25.7 Å². The van der Waals surface area contributed by atoms with Crippen molar-refractivity contribution in [3.05, 3.63) is 95.4 Å². The van der Waals surface area contributed by atoms with Gasteiger partial charge in [-0.05, 0) is 60.2 Å². The monoisotopic (exact) mass is 904 g/mol. The van der Waals surface area contributed by atoms with E-state index in [1.807, 2.05) is 69.6 Å². The molecule has 0 unspecified atom stereocenters. The lowest BCUT2D eigenvalue weighted by atomic mass is 9.85. The third kappa shape index (κ3) is 11.4. The molecule has 0 bridgehead atoms. The summed E-state index contributed by atoms with van der Waals surface area (Å²) in [6.45, 7) is 9.82. The number of β-amino-alcohol motifs (C(OH)–C–C–N with tert-alkyl or cyclic N) is 1. The van der Waals surface area contributed by atoms with E-state index in [1.165, 1.54) is 12.0 Å². The molecule has 2 aliphatic heterocycles. The number of carbonyl (C=O) groups excluding carboxylic acids is 5. The quantitative estimate of drug-likeness (QED) is 0.0963. The van der Waals surface area contributed by atoms with Crippen molar-refractivity contribution in [2.24, 2.45) is 5.41 Å². The van der Waals surface area contributed by atoms with Crippen LogP contribution in [0.4, 0.5) is 11.4 Å². The number of pyridine rings is 1. The molecule has 0 aliphatic carbocycles. The van der Waals surface area contributed by atoms with E-state index in [9.17, 15) is 29.1 Å². The molecule has 5 amide bonds. The second-order valence-corrected chi connectivity index (χ2v) is 18.2. The van der Waals surface area contributed by atoms with E-state index in [2.05, 4.69) is 41.0 Å². The molecule has 17 nitrogen and oxygen atoms in total. The Kier molecular flexibility index (Phi) is 14.6. The number of thiazole rings is 1. The van der Waals surface area contributed by atoms with Gasteiger partial charge in [-0.3, -0.25) is 29.1 Å². The fraction of sp³-hybridized carbons (Fsp3) is 0.404. The molecule has 5 N–H and O–H groups in total. The van der Waals surface area contributed by atoms with Crippen LogP contribution in [0, 0.1) is 12.3 Å². The number of carbonyl (C=O) groups is 5. The molecule has 2 fully saturated rings. The van der Waals surface area contributed by atoms with Crippen molar-refractivity contribution < 1.29 is 33.8 Å². The number of hydrogen-bond acceptors (Lipinski definition) is 12. The van der Waals surface area contributed by atoms with Crippen molar-refractivity contribution in [2.45, 2.75) is 78.1 Å². The number of anilines is 2. The SMILES string of the molecule is COc1cc(N2CCN(C(=O)CCCC(=O)N[C@H](C(=O)N3C[C@H](O)C[C@H]3C(=O)NCc3ccc(-c4scnc4C)cc3)C(C)(C)C)CC2)ccc1NC(=O)c1cccc(-c2ccn[nH]2)n1. The molecule has 2 aliphatic rings. The van der Waals surface area contributed by atoms with Crippen LogP contribution in [0.15, 0.2) is 78.4 Å². The Hall–Kier alpha value is -6.66. The van der Waals surface area contributed by atoms with E-state index >= 15 is 0 Å². The Morgan fingerprint density at radius 1 is 0.985 bits per heavy atom. The van der Waals surface area contributed by atoms with Gasteiger partial charge in [-0.15, -0.1) is 11.3 Å². The van der Waals surface area contributed by atoms with Crippen molar-refractivity contribution in [2.75, 3.05) is 50.1 Å². The predicted octanol–water partition coefficient (Wildman–Crippen LogP) is 4.79. The van der Waals surface area contributed by atoms with Crippen LogP contribution in [0.25, 0.3) is 21.8 Å². The number of nitrogens with zero attached hydrogens (tertiary/aromatic N) is 6. The molecular weight excluding hydrogens is 849 g/mol. The Balaban J connectivity index is 0.861. The van der Waals surface area contributed by atoms with E-state index in [0.717, 1.165) is 27.4 Å². The second-order valence-electron chi connectivity index (χ2n) is 17.4. The first kappa shape index (κ1) is 46.3. The number of likely N-dealkylation sites (tertiary alicyclic amines) is 1. The highest BCUT2D eigenvalue weighted by Gasteiger charge is 2.44. The maximum absolute atomic E-state index is 14.1. The second kappa shape index (κ2) is 20.5. The van der Waals surface area contributed by atoms with E-state index in [1.54, 1.807) is 52.8 Å². The molecule has 65 heavy (non-hydrogen) atoms. The van der Waals surface area contributed by atoms with Crippen LogP contribution in [-0.4, -0.2) is 123 Å². The summed E-state index contributed by atoms with van der Waals surface area (Å²) in [7, 11) is 1.54. The summed E-state index contributed by atoms with van der Waals surface area (Å²) in [5.41, 5.74) is 6.89.